The Morgan fingerprint density at radius 2 is 1.89 bits per heavy atom. The number of rotatable bonds is 5. The van der Waals surface area contributed by atoms with E-state index in [2.05, 4.69) is 20.5 Å². The molecule has 1 aliphatic rings. The maximum absolute atomic E-state index is 12.7. The Balaban J connectivity index is 1.60. The van der Waals surface area contributed by atoms with Crippen molar-refractivity contribution in [1.82, 2.24) is 15.2 Å². The highest BCUT2D eigenvalue weighted by Gasteiger charge is 2.30. The smallest absolute Gasteiger partial charge is 0.379 e. The lowest BCUT2D eigenvalue weighted by Gasteiger charge is -2.35. The van der Waals surface area contributed by atoms with E-state index in [1.807, 2.05) is 18.3 Å². The van der Waals surface area contributed by atoms with E-state index >= 15 is 0 Å². The van der Waals surface area contributed by atoms with Gasteiger partial charge in [0.25, 0.3) is 0 Å². The van der Waals surface area contributed by atoms with E-state index in [-0.39, 0.29) is 6.04 Å². The lowest BCUT2D eigenvalue weighted by Crippen LogP contribution is -2.44. The van der Waals surface area contributed by atoms with Gasteiger partial charge in [0.1, 0.15) is 0 Å². The summed E-state index contributed by atoms with van der Waals surface area (Å²) in [5.41, 5.74) is 0.866. The number of anilines is 1. The quantitative estimate of drug-likeness (QED) is 0.737. The Hall–Kier alpha value is -2.23. The number of morpholine rings is 1. The number of halogens is 3. The van der Waals surface area contributed by atoms with E-state index in [4.69, 9.17) is 17.0 Å². The van der Waals surface area contributed by atoms with Gasteiger partial charge in [-0.05, 0) is 48.1 Å². The molecule has 0 aliphatic carbocycles. The highest BCUT2D eigenvalue weighted by Crippen LogP contribution is 2.29. The van der Waals surface area contributed by atoms with Crippen LogP contribution in [0.1, 0.15) is 17.2 Å². The predicted molar refractivity (Wildman–Crippen MR) is 105 cm³/mol. The van der Waals surface area contributed by atoms with Crippen LogP contribution in [0, 0.1) is 0 Å². The molecule has 0 amide bonds. The molecule has 1 fully saturated rings. The molecule has 0 radical (unpaired) electrons. The number of nitrogens with zero attached hydrogens (tertiary/aromatic N) is 2. The molecule has 150 valence electrons. The van der Waals surface area contributed by atoms with Crippen molar-refractivity contribution in [2.75, 3.05) is 38.2 Å². The number of alkyl halides is 3. The molecular weight excluding hydrogens is 389 g/mol. The fourth-order valence-electron chi connectivity index (χ4n) is 3.03. The van der Waals surface area contributed by atoms with E-state index in [9.17, 15) is 13.2 Å². The minimum Gasteiger partial charge on any atom is -0.379 e. The summed E-state index contributed by atoms with van der Waals surface area (Å²) in [5.74, 6) is 0. The van der Waals surface area contributed by atoms with Crippen LogP contribution in [0.2, 0.25) is 0 Å². The van der Waals surface area contributed by atoms with Gasteiger partial charge < -0.3 is 15.4 Å². The molecule has 1 aliphatic heterocycles. The Morgan fingerprint density at radius 1 is 1.18 bits per heavy atom. The lowest BCUT2D eigenvalue weighted by atomic mass is 10.1. The van der Waals surface area contributed by atoms with Gasteiger partial charge in [-0.15, -0.1) is 0 Å². The Bertz CT molecular complexity index is 765. The van der Waals surface area contributed by atoms with Gasteiger partial charge in [-0.1, -0.05) is 6.07 Å². The normalized spacial score (nSPS) is 16.4. The van der Waals surface area contributed by atoms with E-state index < -0.39 is 11.7 Å². The summed E-state index contributed by atoms with van der Waals surface area (Å²) in [5, 5.41) is 6.43. The van der Waals surface area contributed by atoms with Gasteiger partial charge >= 0.3 is 6.18 Å². The van der Waals surface area contributed by atoms with E-state index in [0.29, 0.717) is 30.6 Å². The average Bonchev–Trinajstić information content (AvgIpc) is 2.69. The molecule has 1 aromatic carbocycles. The van der Waals surface area contributed by atoms with Crippen molar-refractivity contribution in [3.63, 3.8) is 0 Å². The molecule has 9 heteroatoms. The molecule has 1 saturated heterocycles. The second-order valence-corrected chi connectivity index (χ2v) is 6.77. The lowest BCUT2D eigenvalue weighted by molar-refractivity contribution is -0.137. The third-order valence-electron chi connectivity index (χ3n) is 4.48. The number of thiocarbonyl (C=S) groups is 1. The van der Waals surface area contributed by atoms with Crippen LogP contribution in [0.4, 0.5) is 18.9 Å². The zero-order chi connectivity index (χ0) is 20.0. The number of aromatic nitrogens is 1. The summed E-state index contributed by atoms with van der Waals surface area (Å²) in [4.78, 5) is 6.50. The SMILES string of the molecule is FC(F)(F)c1ccc(NC(=S)NC[C@H](c2cccnc2)N2CCOCC2)cc1. The number of pyridine rings is 1. The first kappa shape index (κ1) is 20.5. The van der Waals surface area contributed by atoms with Crippen LogP contribution in [0.15, 0.2) is 48.8 Å². The third-order valence-corrected chi connectivity index (χ3v) is 4.73. The predicted octanol–water partition coefficient (Wildman–Crippen LogP) is 3.46. The van der Waals surface area contributed by atoms with Crippen LogP contribution >= 0.6 is 12.2 Å². The second kappa shape index (κ2) is 9.31. The molecule has 1 aromatic heterocycles. The van der Waals surface area contributed by atoms with E-state index in [1.54, 1.807) is 6.20 Å². The van der Waals surface area contributed by atoms with E-state index in [1.165, 1.54) is 12.1 Å². The van der Waals surface area contributed by atoms with Crippen LogP contribution in [-0.4, -0.2) is 47.8 Å². The maximum Gasteiger partial charge on any atom is 0.416 e. The Morgan fingerprint density at radius 3 is 2.50 bits per heavy atom. The zero-order valence-electron chi connectivity index (χ0n) is 15.1. The standard InChI is InChI=1S/C19H21F3N4OS/c20-19(21,22)15-3-5-16(6-4-15)25-18(28)24-13-17(14-2-1-7-23-12-14)26-8-10-27-11-9-26/h1-7,12,17H,8-11,13H2,(H2,24,25,28)/t17-/m1/s1. The van der Waals surface area contributed by atoms with Crippen LogP contribution in [0.3, 0.4) is 0 Å². The highest BCUT2D eigenvalue weighted by molar-refractivity contribution is 7.80. The van der Waals surface area contributed by atoms with Crippen LogP contribution < -0.4 is 10.6 Å². The van der Waals surface area contributed by atoms with Gasteiger partial charge in [-0.2, -0.15) is 13.2 Å². The van der Waals surface area contributed by atoms with Gasteiger partial charge in [-0.3, -0.25) is 9.88 Å². The molecule has 2 aromatic rings. The summed E-state index contributed by atoms with van der Waals surface area (Å²) in [6, 6.07) is 8.73. The third kappa shape index (κ3) is 5.63. The zero-order valence-corrected chi connectivity index (χ0v) is 15.9. The van der Waals surface area contributed by atoms with Crippen molar-refractivity contribution >= 4 is 23.0 Å². The first-order valence-electron chi connectivity index (χ1n) is 8.87. The van der Waals surface area contributed by atoms with Crippen molar-refractivity contribution in [1.29, 1.82) is 0 Å². The number of ether oxygens (including phenoxy) is 1. The first-order valence-corrected chi connectivity index (χ1v) is 9.28. The van der Waals surface area contributed by atoms with Crippen LogP contribution in [0.25, 0.3) is 0 Å². The number of hydrogen-bond acceptors (Lipinski definition) is 4. The fraction of sp³-hybridized carbons (Fsp3) is 0.368. The molecule has 0 spiro atoms. The highest BCUT2D eigenvalue weighted by atomic mass is 32.1. The molecule has 0 bridgehead atoms. The molecule has 1 atom stereocenters. The molecule has 0 unspecified atom stereocenters. The Kier molecular flexibility index (Phi) is 6.82. The topological polar surface area (TPSA) is 49.4 Å². The van der Waals surface area contributed by atoms with Crippen molar-refractivity contribution in [3.05, 3.63) is 59.9 Å². The van der Waals surface area contributed by atoms with Gasteiger partial charge in [0.15, 0.2) is 5.11 Å². The summed E-state index contributed by atoms with van der Waals surface area (Å²) in [6.45, 7) is 3.49. The minimum atomic E-state index is -4.35. The maximum atomic E-state index is 12.7. The van der Waals surface area contributed by atoms with Crippen molar-refractivity contribution in [2.45, 2.75) is 12.2 Å². The molecular formula is C19H21F3N4OS. The number of nitrogens with one attached hydrogen (secondary N) is 2. The summed E-state index contributed by atoms with van der Waals surface area (Å²) in [6.07, 6.45) is -0.801. The van der Waals surface area contributed by atoms with E-state index in [0.717, 1.165) is 30.8 Å². The van der Waals surface area contributed by atoms with Gasteiger partial charge in [0, 0.05) is 37.7 Å². The minimum absolute atomic E-state index is 0.0601. The molecule has 2 heterocycles. The summed E-state index contributed by atoms with van der Waals surface area (Å²) < 4.78 is 43.4. The van der Waals surface area contributed by atoms with Gasteiger partial charge in [-0.25, -0.2) is 0 Å². The van der Waals surface area contributed by atoms with Crippen molar-refractivity contribution < 1.29 is 17.9 Å². The monoisotopic (exact) mass is 410 g/mol. The molecule has 3 rings (SSSR count). The largest absolute Gasteiger partial charge is 0.416 e. The van der Waals surface area contributed by atoms with Crippen LogP contribution in [0.5, 0.6) is 0 Å². The summed E-state index contributed by atoms with van der Waals surface area (Å²) in [7, 11) is 0. The fourth-order valence-corrected chi connectivity index (χ4v) is 3.23. The molecule has 5 nitrogen and oxygen atoms in total. The average molecular weight is 410 g/mol. The summed E-state index contributed by atoms with van der Waals surface area (Å²) >= 11 is 5.31. The van der Waals surface area contributed by atoms with Gasteiger partial charge in [0.2, 0.25) is 0 Å². The van der Waals surface area contributed by atoms with Gasteiger partial charge in [0.05, 0.1) is 24.8 Å². The molecule has 28 heavy (non-hydrogen) atoms. The number of benzene rings is 1. The Labute approximate surface area is 166 Å². The molecule has 2 N–H and O–H groups in total. The first-order chi connectivity index (χ1) is 13.4. The molecule has 0 saturated carbocycles. The van der Waals surface area contributed by atoms with Crippen molar-refractivity contribution in [2.24, 2.45) is 0 Å². The second-order valence-electron chi connectivity index (χ2n) is 6.36. The van der Waals surface area contributed by atoms with Crippen LogP contribution in [-0.2, 0) is 10.9 Å². The van der Waals surface area contributed by atoms with Crippen molar-refractivity contribution in [3.8, 4) is 0 Å². The number of hydrogen-bond donors (Lipinski definition) is 2.